The predicted octanol–water partition coefficient (Wildman–Crippen LogP) is 4.49. The molecular formula is C37H28N4O6. The number of carbonyl (C=O) groups excluding carboxylic acids is 4. The normalized spacial score (nSPS) is 36.5. The molecule has 4 fully saturated rings. The van der Waals surface area contributed by atoms with Crippen LogP contribution in [-0.2, 0) is 24.6 Å². The molecular weight excluding hydrogens is 596 g/mol. The average Bonchev–Trinajstić information content (AvgIpc) is 3.81. The molecule has 12 rings (SSSR count). The fraction of sp³-hybridized carbons (Fsp3) is 0.324. The molecule has 0 unspecified atom stereocenters. The van der Waals surface area contributed by atoms with E-state index in [0.717, 1.165) is 38.6 Å². The van der Waals surface area contributed by atoms with E-state index in [0.29, 0.717) is 17.4 Å². The van der Waals surface area contributed by atoms with Crippen molar-refractivity contribution in [3.8, 4) is 0 Å². The van der Waals surface area contributed by atoms with Gasteiger partial charge < -0.3 is 0 Å². The van der Waals surface area contributed by atoms with Crippen molar-refractivity contribution >= 4 is 41.2 Å². The first-order chi connectivity index (χ1) is 22.7. The summed E-state index contributed by atoms with van der Waals surface area (Å²) in [7, 11) is 0. The summed E-state index contributed by atoms with van der Waals surface area (Å²) in [5, 5.41) is 17.9. The van der Waals surface area contributed by atoms with Crippen LogP contribution in [-0.4, -0.2) is 39.8 Å². The molecule has 9 aliphatic rings. The molecule has 0 spiro atoms. The number of nitro groups is 1. The van der Waals surface area contributed by atoms with Crippen molar-refractivity contribution in [2.45, 2.75) is 24.7 Å². The molecule has 232 valence electrons. The third-order valence-electron chi connectivity index (χ3n) is 12.3. The first kappa shape index (κ1) is 26.9. The zero-order chi connectivity index (χ0) is 32.1. The average molecular weight is 625 g/mol. The van der Waals surface area contributed by atoms with Gasteiger partial charge in [-0.25, -0.2) is 4.90 Å². The summed E-state index contributed by atoms with van der Waals surface area (Å²) in [5.41, 5.74) is 2.17. The van der Waals surface area contributed by atoms with Crippen molar-refractivity contribution in [1.82, 2.24) is 5.01 Å². The molecule has 8 atom stereocenters. The van der Waals surface area contributed by atoms with Crippen LogP contribution >= 0.6 is 0 Å². The number of benzene rings is 3. The Bertz CT molecular complexity index is 2020. The lowest BCUT2D eigenvalue weighted by molar-refractivity contribution is -0.384. The van der Waals surface area contributed by atoms with E-state index in [2.05, 4.69) is 12.2 Å². The molecule has 4 bridgehead atoms. The van der Waals surface area contributed by atoms with Crippen LogP contribution < -0.4 is 4.90 Å². The molecule has 3 aromatic rings. The number of anilines is 1. The number of amides is 4. The Balaban J connectivity index is 1.16. The smallest absolute Gasteiger partial charge is 0.274 e. The molecule has 10 heteroatoms. The Morgan fingerprint density at radius 1 is 0.809 bits per heavy atom. The number of hydrogen-bond acceptors (Lipinski definition) is 7. The highest BCUT2D eigenvalue weighted by atomic mass is 16.6. The minimum atomic E-state index is -1.32. The van der Waals surface area contributed by atoms with E-state index in [1.54, 1.807) is 19.2 Å². The molecule has 2 saturated carbocycles. The van der Waals surface area contributed by atoms with Crippen LogP contribution in [0.1, 0.15) is 40.2 Å². The molecule has 7 aliphatic carbocycles. The Morgan fingerprint density at radius 3 is 2.00 bits per heavy atom. The van der Waals surface area contributed by atoms with E-state index in [-0.39, 0.29) is 35.0 Å². The SMILES string of the molecule is Cc1ccc(N2C(=O)[C@@H]3C4c5ccccc5C(/C=N\N5C(=O)[C@@H]6[C@H]7C=C[C@@H]([C@@H]8C[C@H]78)[C@@H]6C5=O)(c5ccccc54)[C@H]3C2=O)c([N+](=O)[O-])c1. The molecule has 10 nitrogen and oxygen atoms in total. The summed E-state index contributed by atoms with van der Waals surface area (Å²) in [6.45, 7) is 1.71. The summed E-state index contributed by atoms with van der Waals surface area (Å²) < 4.78 is 0. The first-order valence-corrected chi connectivity index (χ1v) is 16.2. The van der Waals surface area contributed by atoms with Crippen molar-refractivity contribution in [3.63, 3.8) is 0 Å². The van der Waals surface area contributed by atoms with Gasteiger partial charge in [-0.15, -0.1) is 0 Å². The van der Waals surface area contributed by atoms with Gasteiger partial charge in [-0.1, -0.05) is 66.7 Å². The summed E-state index contributed by atoms with van der Waals surface area (Å²) in [6.07, 6.45) is 6.82. The number of hydrazone groups is 1. The lowest BCUT2D eigenvalue weighted by Crippen LogP contribution is -2.55. The van der Waals surface area contributed by atoms with Gasteiger partial charge in [-0.3, -0.25) is 29.3 Å². The summed E-state index contributed by atoms with van der Waals surface area (Å²) in [5.74, 6) is -3.97. The zero-order valence-corrected chi connectivity index (χ0v) is 25.2. The van der Waals surface area contributed by atoms with E-state index in [1.807, 2.05) is 48.5 Å². The Hall–Kier alpha value is -5.25. The molecule has 4 amide bonds. The number of rotatable bonds is 4. The minimum Gasteiger partial charge on any atom is -0.274 e. The molecule has 2 aliphatic heterocycles. The lowest BCUT2D eigenvalue weighted by atomic mass is 9.47. The number of nitrogens with zero attached hydrogens (tertiary/aromatic N) is 4. The van der Waals surface area contributed by atoms with E-state index >= 15 is 0 Å². The van der Waals surface area contributed by atoms with Gasteiger partial charge in [-0.05, 0) is 70.9 Å². The monoisotopic (exact) mass is 624 g/mol. The van der Waals surface area contributed by atoms with E-state index in [4.69, 9.17) is 5.10 Å². The van der Waals surface area contributed by atoms with Gasteiger partial charge in [0.25, 0.3) is 17.5 Å². The topological polar surface area (TPSA) is 130 Å². The third-order valence-corrected chi connectivity index (χ3v) is 12.3. The van der Waals surface area contributed by atoms with Gasteiger partial charge in [-0.2, -0.15) is 10.1 Å². The standard InChI is InChI=1S/C37H28N4O6/c1-17-10-13-26(27(14-17)41(46)47)39-33(42)31-28-20-6-2-4-8-24(20)37(32(31)36(39)45,25-9-5-3-7-21(25)28)16-38-40-34(43)29-18-11-12-19(23-15-22(18)23)30(29)35(40)44/h2-14,16,18-19,22-23,28-32H,15H2,1H3/b38-16-/t18-,19-,22-,23+,28?,29-,30+,31+,32+,37?/m0/s1. The van der Waals surface area contributed by atoms with E-state index < -0.39 is 51.7 Å². The fourth-order valence-electron chi connectivity index (χ4n) is 10.5. The van der Waals surface area contributed by atoms with Crippen molar-refractivity contribution in [2.75, 3.05) is 4.90 Å². The van der Waals surface area contributed by atoms with Crippen LogP contribution in [0, 0.1) is 64.4 Å². The third kappa shape index (κ3) is 3.09. The molecule has 0 aromatic heterocycles. The molecule has 0 radical (unpaired) electrons. The summed E-state index contributed by atoms with van der Waals surface area (Å²) in [6, 6.07) is 19.7. The van der Waals surface area contributed by atoms with Gasteiger partial charge >= 0.3 is 0 Å². The largest absolute Gasteiger partial charge is 0.293 e. The molecule has 0 N–H and O–H groups in total. The minimum absolute atomic E-state index is 0.0358. The Morgan fingerprint density at radius 2 is 1.40 bits per heavy atom. The first-order valence-electron chi connectivity index (χ1n) is 16.2. The number of aryl methyl sites for hydroxylation is 1. The maximum absolute atomic E-state index is 14.8. The highest BCUT2D eigenvalue weighted by Gasteiger charge is 2.70. The molecule has 47 heavy (non-hydrogen) atoms. The second-order valence-electron chi connectivity index (χ2n) is 14.2. The van der Waals surface area contributed by atoms with Crippen LogP contribution in [0.15, 0.2) is 84.0 Å². The second kappa shape index (κ2) is 8.76. The number of carbonyl (C=O) groups is 4. The van der Waals surface area contributed by atoms with Crippen molar-refractivity contribution in [3.05, 3.63) is 117 Å². The molecule has 3 aromatic carbocycles. The van der Waals surface area contributed by atoms with Crippen molar-refractivity contribution in [1.29, 1.82) is 0 Å². The summed E-state index contributed by atoms with van der Waals surface area (Å²) >= 11 is 0. The number of hydrogen-bond donors (Lipinski definition) is 0. The van der Waals surface area contributed by atoms with Gasteiger partial charge in [0.1, 0.15) is 5.69 Å². The van der Waals surface area contributed by atoms with E-state index in [1.165, 1.54) is 12.1 Å². The van der Waals surface area contributed by atoms with Crippen LogP contribution in [0.5, 0.6) is 0 Å². The van der Waals surface area contributed by atoms with E-state index in [9.17, 15) is 29.3 Å². The maximum Gasteiger partial charge on any atom is 0.293 e. The van der Waals surface area contributed by atoms with Crippen molar-refractivity contribution < 1.29 is 24.1 Å². The van der Waals surface area contributed by atoms with Crippen molar-refractivity contribution in [2.24, 2.45) is 52.4 Å². The van der Waals surface area contributed by atoms with Gasteiger partial charge in [0.15, 0.2) is 0 Å². The van der Waals surface area contributed by atoms with Crippen LogP contribution in [0.4, 0.5) is 11.4 Å². The predicted molar refractivity (Wildman–Crippen MR) is 168 cm³/mol. The van der Waals surface area contributed by atoms with Crippen LogP contribution in [0.2, 0.25) is 0 Å². The maximum atomic E-state index is 14.8. The Kier molecular flexibility index (Phi) is 5.02. The second-order valence-corrected chi connectivity index (χ2v) is 14.2. The van der Waals surface area contributed by atoms with Gasteiger partial charge in [0.05, 0.1) is 34.0 Å². The lowest BCUT2D eigenvalue weighted by Gasteiger charge is -2.52. The molecule has 2 saturated heterocycles. The molecule has 2 heterocycles. The Labute approximate surface area is 268 Å². The zero-order valence-electron chi connectivity index (χ0n) is 25.2. The van der Waals surface area contributed by atoms with Crippen LogP contribution in [0.3, 0.4) is 0 Å². The number of imide groups is 2. The van der Waals surface area contributed by atoms with Gasteiger partial charge in [0, 0.05) is 18.2 Å². The fourth-order valence-corrected chi connectivity index (χ4v) is 10.5. The summed E-state index contributed by atoms with van der Waals surface area (Å²) in [4.78, 5) is 69.8. The highest BCUT2D eigenvalue weighted by molar-refractivity contribution is 6.26. The van der Waals surface area contributed by atoms with Crippen LogP contribution in [0.25, 0.3) is 0 Å². The highest BCUT2D eigenvalue weighted by Crippen LogP contribution is 2.66. The number of allylic oxidation sites excluding steroid dienone is 2. The quantitative estimate of drug-likeness (QED) is 0.138. The number of nitro benzene ring substituents is 1. The van der Waals surface area contributed by atoms with Gasteiger partial charge in [0.2, 0.25) is 11.8 Å².